The van der Waals surface area contributed by atoms with Crippen LogP contribution in [-0.2, 0) is 22.5 Å². The molecule has 7 heteroatoms. The topological polar surface area (TPSA) is 61.2 Å². The van der Waals surface area contributed by atoms with Gasteiger partial charge in [0.05, 0.1) is 29.8 Å². The number of esters is 1. The van der Waals surface area contributed by atoms with Crippen LogP contribution in [0.3, 0.4) is 0 Å². The molecule has 0 fully saturated rings. The largest absolute Gasteiger partial charge is 0.466 e. The van der Waals surface area contributed by atoms with Crippen molar-refractivity contribution in [2.45, 2.75) is 19.9 Å². The van der Waals surface area contributed by atoms with E-state index in [0.29, 0.717) is 16.1 Å². The van der Waals surface area contributed by atoms with E-state index in [9.17, 15) is 14.0 Å². The van der Waals surface area contributed by atoms with E-state index in [1.807, 2.05) is 24.3 Å². The van der Waals surface area contributed by atoms with E-state index in [1.54, 1.807) is 29.7 Å². The summed E-state index contributed by atoms with van der Waals surface area (Å²) in [6.07, 6.45) is -0.0913. The lowest BCUT2D eigenvalue weighted by Crippen LogP contribution is -2.26. The quantitative estimate of drug-likeness (QED) is 0.480. The number of hydrogen-bond acceptors (Lipinski definition) is 5. The average molecular weight is 396 g/mol. The minimum absolute atomic E-state index is 0.0913. The van der Waals surface area contributed by atoms with Crippen molar-refractivity contribution in [3.63, 3.8) is 0 Å². The molecule has 0 aliphatic heterocycles. The number of para-hydroxylation sites is 2. The molecule has 142 valence electrons. The second-order valence-corrected chi connectivity index (χ2v) is 7.41. The molecule has 0 saturated carbocycles. The van der Waals surface area contributed by atoms with Gasteiger partial charge in [-0.05, 0) is 36.6 Å². The lowest BCUT2D eigenvalue weighted by atomic mass is 10.1. The smallest absolute Gasteiger partial charge is 0.310 e. The number of fused-ring (bicyclic) bond motifs is 2. The van der Waals surface area contributed by atoms with E-state index in [2.05, 4.69) is 4.98 Å². The first-order valence-corrected chi connectivity index (χ1v) is 9.69. The Balaban J connectivity index is 1.82. The number of rotatable bonds is 5. The average Bonchev–Trinajstić information content (AvgIpc) is 3.09. The van der Waals surface area contributed by atoms with Gasteiger partial charge in [-0.15, -0.1) is 11.3 Å². The fraction of sp³-hybridized carbons (Fsp3) is 0.190. The lowest BCUT2D eigenvalue weighted by molar-refractivity contribution is -0.142. The third-order valence-electron chi connectivity index (χ3n) is 4.42. The zero-order valence-electron chi connectivity index (χ0n) is 15.1. The minimum atomic E-state index is -0.441. The third-order valence-corrected chi connectivity index (χ3v) is 5.43. The van der Waals surface area contributed by atoms with Gasteiger partial charge in [-0.1, -0.05) is 24.3 Å². The number of hydrogen-bond donors (Lipinski definition) is 0. The van der Waals surface area contributed by atoms with Gasteiger partial charge in [-0.2, -0.15) is 0 Å². The molecule has 0 unspecified atom stereocenters. The number of thiazole rings is 1. The van der Waals surface area contributed by atoms with Crippen molar-refractivity contribution in [3.05, 3.63) is 75.3 Å². The zero-order valence-corrected chi connectivity index (χ0v) is 16.0. The summed E-state index contributed by atoms with van der Waals surface area (Å²) in [5.74, 6) is -0.822. The molecule has 0 atom stereocenters. The molecular formula is C21H17FN2O3S. The Bertz CT molecular complexity index is 1250. The van der Waals surface area contributed by atoms with Gasteiger partial charge < -0.3 is 9.30 Å². The van der Waals surface area contributed by atoms with Crippen LogP contribution in [0.25, 0.3) is 21.1 Å². The van der Waals surface area contributed by atoms with Crippen molar-refractivity contribution in [1.82, 2.24) is 9.55 Å². The first-order chi connectivity index (χ1) is 13.6. The minimum Gasteiger partial charge on any atom is -0.466 e. The first-order valence-electron chi connectivity index (χ1n) is 8.88. The summed E-state index contributed by atoms with van der Waals surface area (Å²) < 4.78 is 21.3. The molecule has 4 rings (SSSR count). The van der Waals surface area contributed by atoms with Crippen LogP contribution in [0.15, 0.2) is 53.3 Å². The third kappa shape index (κ3) is 3.41. The van der Waals surface area contributed by atoms with Gasteiger partial charge in [-0.3, -0.25) is 9.59 Å². The molecule has 2 aromatic carbocycles. The van der Waals surface area contributed by atoms with Crippen LogP contribution in [0, 0.1) is 5.82 Å². The molecule has 0 amide bonds. The Morgan fingerprint density at radius 1 is 1.21 bits per heavy atom. The highest BCUT2D eigenvalue weighted by molar-refractivity contribution is 7.18. The van der Waals surface area contributed by atoms with Gasteiger partial charge in [0, 0.05) is 5.56 Å². The molecule has 0 aliphatic carbocycles. The number of pyridine rings is 1. The summed E-state index contributed by atoms with van der Waals surface area (Å²) in [6.45, 7) is 2.19. The Morgan fingerprint density at radius 3 is 2.82 bits per heavy atom. The molecule has 0 N–H and O–H groups in total. The van der Waals surface area contributed by atoms with Crippen molar-refractivity contribution in [2.24, 2.45) is 0 Å². The maximum absolute atomic E-state index is 14.0. The standard InChI is InChI=1S/C21H17FN2O3S/c1-2-27-19(25)11-14-10-13-6-3-4-8-16(13)24(21(14)26)12-18-23-20-15(22)7-5-9-17(20)28-18/h3-10H,2,11-12H2,1H3. The SMILES string of the molecule is CCOC(=O)Cc1cc2ccccc2n(Cc2nc3c(F)cccc3s2)c1=O. The van der Waals surface area contributed by atoms with E-state index in [-0.39, 0.29) is 30.9 Å². The van der Waals surface area contributed by atoms with Crippen LogP contribution in [0.5, 0.6) is 0 Å². The summed E-state index contributed by atoms with van der Waals surface area (Å²) >= 11 is 1.35. The molecule has 2 aromatic heterocycles. The monoisotopic (exact) mass is 396 g/mol. The predicted molar refractivity (Wildman–Crippen MR) is 107 cm³/mol. The highest BCUT2D eigenvalue weighted by atomic mass is 32.1. The highest BCUT2D eigenvalue weighted by Gasteiger charge is 2.15. The molecule has 5 nitrogen and oxygen atoms in total. The molecular weight excluding hydrogens is 379 g/mol. The second-order valence-electron chi connectivity index (χ2n) is 6.30. The van der Waals surface area contributed by atoms with Gasteiger partial charge in [0.1, 0.15) is 16.3 Å². The van der Waals surface area contributed by atoms with Crippen molar-refractivity contribution >= 4 is 38.4 Å². The molecule has 0 radical (unpaired) electrons. The highest BCUT2D eigenvalue weighted by Crippen LogP contribution is 2.25. The number of nitrogens with zero attached hydrogens (tertiary/aromatic N) is 2. The Labute approximate surface area is 164 Å². The van der Waals surface area contributed by atoms with Crippen molar-refractivity contribution < 1.29 is 13.9 Å². The van der Waals surface area contributed by atoms with Gasteiger partial charge in [0.25, 0.3) is 5.56 Å². The van der Waals surface area contributed by atoms with Gasteiger partial charge in [0.15, 0.2) is 0 Å². The van der Waals surface area contributed by atoms with Crippen LogP contribution in [-0.4, -0.2) is 22.1 Å². The molecule has 0 bridgehead atoms. The van der Waals surface area contributed by atoms with Crippen LogP contribution in [0.4, 0.5) is 4.39 Å². The molecule has 0 saturated heterocycles. The summed E-state index contributed by atoms with van der Waals surface area (Å²) in [4.78, 5) is 29.3. The van der Waals surface area contributed by atoms with Crippen molar-refractivity contribution in [3.8, 4) is 0 Å². The van der Waals surface area contributed by atoms with Gasteiger partial charge in [-0.25, -0.2) is 9.37 Å². The van der Waals surface area contributed by atoms with Gasteiger partial charge in [0.2, 0.25) is 0 Å². The Kier molecular flexibility index (Phi) is 4.92. The Hall–Kier alpha value is -3.06. The van der Waals surface area contributed by atoms with Crippen LogP contribution >= 0.6 is 11.3 Å². The fourth-order valence-electron chi connectivity index (χ4n) is 3.20. The van der Waals surface area contributed by atoms with Crippen molar-refractivity contribution in [2.75, 3.05) is 6.61 Å². The zero-order chi connectivity index (χ0) is 19.7. The maximum atomic E-state index is 14.0. The normalized spacial score (nSPS) is 11.2. The summed E-state index contributed by atoms with van der Waals surface area (Å²) in [6, 6.07) is 14.0. The second kappa shape index (κ2) is 7.52. The molecule has 0 aliphatic rings. The lowest BCUT2D eigenvalue weighted by Gasteiger charge is -2.11. The first kappa shape index (κ1) is 18.3. The van der Waals surface area contributed by atoms with E-state index in [0.717, 1.165) is 15.6 Å². The van der Waals surface area contributed by atoms with Crippen LogP contribution in [0.2, 0.25) is 0 Å². The molecule has 2 heterocycles. The van der Waals surface area contributed by atoms with E-state index < -0.39 is 5.97 Å². The fourth-order valence-corrected chi connectivity index (χ4v) is 4.17. The number of carbonyl (C=O) groups is 1. The molecule has 28 heavy (non-hydrogen) atoms. The number of carbonyl (C=O) groups excluding carboxylic acids is 1. The number of benzene rings is 2. The molecule has 0 spiro atoms. The van der Waals surface area contributed by atoms with Crippen LogP contribution in [0.1, 0.15) is 17.5 Å². The number of aromatic nitrogens is 2. The Morgan fingerprint density at radius 2 is 2.04 bits per heavy atom. The summed E-state index contributed by atoms with van der Waals surface area (Å²) in [5.41, 5.74) is 1.14. The predicted octanol–water partition coefficient (Wildman–Crippen LogP) is 3.90. The van der Waals surface area contributed by atoms with E-state index >= 15 is 0 Å². The molecule has 4 aromatic rings. The number of ether oxygens (including phenoxy) is 1. The van der Waals surface area contributed by atoms with Crippen molar-refractivity contribution in [1.29, 1.82) is 0 Å². The van der Waals surface area contributed by atoms with Crippen LogP contribution < -0.4 is 5.56 Å². The van der Waals surface area contributed by atoms with Gasteiger partial charge >= 0.3 is 5.97 Å². The van der Waals surface area contributed by atoms with E-state index in [4.69, 9.17) is 4.74 Å². The summed E-state index contributed by atoms with van der Waals surface area (Å²) in [7, 11) is 0. The number of halogens is 1. The van der Waals surface area contributed by atoms with E-state index in [1.165, 1.54) is 17.4 Å². The maximum Gasteiger partial charge on any atom is 0.310 e. The summed E-state index contributed by atoms with van der Waals surface area (Å²) in [5, 5.41) is 1.47.